The van der Waals surface area contributed by atoms with Gasteiger partial charge in [-0.15, -0.1) is 0 Å². The first-order valence-corrected chi connectivity index (χ1v) is 17.6. The Bertz CT molecular complexity index is 1630. The fraction of sp³-hybridized carbons (Fsp3) is 0.579. The predicted octanol–water partition coefficient (Wildman–Crippen LogP) is 7.25. The summed E-state index contributed by atoms with van der Waals surface area (Å²) in [6.45, 7) is 9.46. The zero-order valence-corrected chi connectivity index (χ0v) is 26.5. The van der Waals surface area contributed by atoms with Gasteiger partial charge in [0.15, 0.2) is 0 Å². The molecule has 4 aromatic rings. The van der Waals surface area contributed by atoms with E-state index in [9.17, 15) is 10.2 Å². The van der Waals surface area contributed by atoms with E-state index < -0.39 is 0 Å². The Hall–Kier alpha value is -2.64. The highest BCUT2D eigenvalue weighted by Crippen LogP contribution is 2.60. The maximum absolute atomic E-state index is 11.0. The molecule has 6 atom stereocenters. The molecule has 0 bridgehead atoms. The van der Waals surface area contributed by atoms with E-state index in [1.54, 1.807) is 0 Å². The second-order valence-corrected chi connectivity index (χ2v) is 14.9. The number of aromatic nitrogens is 2. The van der Waals surface area contributed by atoms with Crippen LogP contribution in [-0.2, 0) is 12.8 Å². The van der Waals surface area contributed by atoms with Crippen molar-refractivity contribution in [2.24, 2.45) is 10.8 Å². The van der Waals surface area contributed by atoms with Crippen LogP contribution in [0.5, 0.6) is 0 Å². The lowest BCUT2D eigenvalue weighted by atomic mass is 9.64. The van der Waals surface area contributed by atoms with Crippen LogP contribution in [-0.4, -0.2) is 55.3 Å². The van der Waals surface area contributed by atoms with Crippen LogP contribution in [0.25, 0.3) is 21.8 Å². The minimum absolute atomic E-state index is 0.275. The van der Waals surface area contributed by atoms with Crippen LogP contribution in [0, 0.1) is 10.8 Å². The molecule has 0 saturated carbocycles. The van der Waals surface area contributed by atoms with Gasteiger partial charge in [-0.25, -0.2) is 0 Å². The average Bonchev–Trinajstić information content (AvgIpc) is 3.59. The Balaban J connectivity index is 0.000000123. The topological polar surface area (TPSA) is 56.8 Å². The molecular formula is C38H48N4O2. The summed E-state index contributed by atoms with van der Waals surface area (Å²) in [4.78, 5) is 5.41. The first-order chi connectivity index (χ1) is 21.5. The van der Waals surface area contributed by atoms with Crippen molar-refractivity contribution in [3.8, 4) is 0 Å². The highest BCUT2D eigenvalue weighted by atomic mass is 16.3. The molecule has 2 aromatic heterocycles. The molecular weight excluding hydrogens is 544 g/mol. The fourth-order valence-corrected chi connectivity index (χ4v) is 11.3. The number of piperidine rings is 2. The standard InChI is InChI=1S/2C19H24N2O/c2*1-2-19-9-5-10-20-11-8-14-13-6-3-4-7-15(13)21(16(22)12-19)17(14)18(19)20/h2*3-4,6-7,16,18,22H,2,5,8-12H2,1H3/t2*16-,18+,19-/m11/s1. The van der Waals surface area contributed by atoms with Gasteiger partial charge in [-0.05, 0) is 111 Å². The van der Waals surface area contributed by atoms with Crippen molar-refractivity contribution in [2.75, 3.05) is 26.2 Å². The van der Waals surface area contributed by atoms with Crippen molar-refractivity contribution >= 4 is 21.8 Å². The maximum Gasteiger partial charge on any atom is 0.131 e. The molecule has 44 heavy (non-hydrogen) atoms. The third-order valence-electron chi connectivity index (χ3n) is 13.2. The molecule has 10 rings (SSSR count). The largest absolute Gasteiger partial charge is 0.373 e. The Morgan fingerprint density at radius 2 is 1.07 bits per heavy atom. The third-order valence-corrected chi connectivity index (χ3v) is 13.2. The van der Waals surface area contributed by atoms with Crippen LogP contribution in [0.15, 0.2) is 48.5 Å². The zero-order chi connectivity index (χ0) is 29.8. The smallest absolute Gasteiger partial charge is 0.131 e. The van der Waals surface area contributed by atoms with Crippen molar-refractivity contribution < 1.29 is 10.2 Å². The van der Waals surface area contributed by atoms with Crippen molar-refractivity contribution in [3.05, 3.63) is 71.0 Å². The van der Waals surface area contributed by atoms with Gasteiger partial charge in [-0.2, -0.15) is 0 Å². The number of para-hydroxylation sites is 2. The van der Waals surface area contributed by atoms with Gasteiger partial charge in [0.1, 0.15) is 12.5 Å². The Morgan fingerprint density at radius 1 is 0.636 bits per heavy atom. The molecule has 2 aromatic carbocycles. The van der Waals surface area contributed by atoms with Crippen molar-refractivity contribution in [1.82, 2.24) is 18.9 Å². The Kier molecular flexibility index (Phi) is 6.24. The molecule has 0 aliphatic carbocycles. The average molecular weight is 593 g/mol. The molecule has 8 heterocycles. The normalized spacial score (nSPS) is 33.9. The highest BCUT2D eigenvalue weighted by molar-refractivity contribution is 5.87. The first-order valence-electron chi connectivity index (χ1n) is 17.6. The van der Waals surface area contributed by atoms with E-state index in [1.165, 1.54) is 109 Å². The van der Waals surface area contributed by atoms with Gasteiger partial charge in [-0.1, -0.05) is 50.2 Å². The molecule has 6 nitrogen and oxygen atoms in total. The lowest BCUT2D eigenvalue weighted by Gasteiger charge is -2.56. The van der Waals surface area contributed by atoms with Crippen molar-refractivity contribution in [2.45, 2.75) is 103 Å². The molecule has 0 unspecified atom stereocenters. The third kappa shape index (κ3) is 3.57. The summed E-state index contributed by atoms with van der Waals surface area (Å²) in [6.07, 6.45) is 10.8. The van der Waals surface area contributed by atoms with Crippen molar-refractivity contribution in [3.63, 3.8) is 0 Å². The molecule has 6 aliphatic rings. The lowest BCUT2D eigenvalue weighted by Crippen LogP contribution is -2.53. The SMILES string of the molecule is CC[C@@]12CCCN3CCc4c(n(c5ccccc45)[C@H](O)C1)[C@H]32.CC[C@@]12CCCN3CCc4c(n(c5ccccc45)[C@H](O)C1)[C@H]32. The molecule has 2 saturated heterocycles. The maximum atomic E-state index is 11.0. The minimum Gasteiger partial charge on any atom is -0.373 e. The molecule has 2 fully saturated rings. The lowest BCUT2D eigenvalue weighted by molar-refractivity contribution is -0.0793. The van der Waals surface area contributed by atoms with Gasteiger partial charge < -0.3 is 19.3 Å². The summed E-state index contributed by atoms with van der Waals surface area (Å²) in [6, 6.07) is 18.4. The molecule has 6 aliphatic heterocycles. The summed E-state index contributed by atoms with van der Waals surface area (Å²) in [5.41, 5.74) is 8.91. The second kappa shape index (κ2) is 9.93. The molecule has 0 spiro atoms. The minimum atomic E-state index is -0.358. The highest BCUT2D eigenvalue weighted by Gasteiger charge is 2.54. The molecule has 232 valence electrons. The number of fused-ring (bicyclic) bond motifs is 6. The van der Waals surface area contributed by atoms with Gasteiger partial charge in [0, 0.05) is 35.2 Å². The first kappa shape index (κ1) is 27.7. The number of aliphatic hydroxyl groups is 2. The number of nitrogens with zero attached hydrogens (tertiary/aromatic N) is 4. The van der Waals surface area contributed by atoms with E-state index in [0.717, 1.165) is 25.7 Å². The van der Waals surface area contributed by atoms with E-state index in [4.69, 9.17) is 0 Å². The molecule has 6 heteroatoms. The van der Waals surface area contributed by atoms with Gasteiger partial charge in [-0.3, -0.25) is 9.80 Å². The van der Waals surface area contributed by atoms with Crippen molar-refractivity contribution in [1.29, 1.82) is 0 Å². The van der Waals surface area contributed by atoms with Gasteiger partial charge in [0.05, 0.1) is 23.1 Å². The van der Waals surface area contributed by atoms with Crippen LogP contribution >= 0.6 is 0 Å². The summed E-state index contributed by atoms with van der Waals surface area (Å²) in [7, 11) is 0. The van der Waals surface area contributed by atoms with E-state index in [0.29, 0.717) is 12.1 Å². The van der Waals surface area contributed by atoms with Crippen LogP contribution < -0.4 is 0 Å². The van der Waals surface area contributed by atoms with Gasteiger partial charge in [0.2, 0.25) is 0 Å². The zero-order valence-electron chi connectivity index (χ0n) is 26.5. The van der Waals surface area contributed by atoms with E-state index in [2.05, 4.69) is 81.3 Å². The van der Waals surface area contributed by atoms with Gasteiger partial charge in [0.25, 0.3) is 0 Å². The van der Waals surface area contributed by atoms with E-state index in [-0.39, 0.29) is 23.3 Å². The molecule has 0 amide bonds. The number of hydrogen-bond donors (Lipinski definition) is 2. The summed E-state index contributed by atoms with van der Waals surface area (Å²) >= 11 is 0. The van der Waals surface area contributed by atoms with Crippen LogP contribution in [0.2, 0.25) is 0 Å². The summed E-state index contributed by atoms with van der Waals surface area (Å²) < 4.78 is 4.53. The Morgan fingerprint density at radius 3 is 1.50 bits per heavy atom. The van der Waals surface area contributed by atoms with E-state index >= 15 is 0 Å². The number of aliphatic hydroxyl groups excluding tert-OH is 2. The molecule has 2 N–H and O–H groups in total. The predicted molar refractivity (Wildman–Crippen MR) is 176 cm³/mol. The number of benzene rings is 2. The van der Waals surface area contributed by atoms with Gasteiger partial charge >= 0.3 is 0 Å². The summed E-state index contributed by atoms with van der Waals surface area (Å²) in [5.74, 6) is 0. The number of rotatable bonds is 2. The quantitative estimate of drug-likeness (QED) is 0.257. The molecule has 0 radical (unpaired) electrons. The number of hydrogen-bond acceptors (Lipinski definition) is 4. The van der Waals surface area contributed by atoms with Crippen LogP contribution in [0.1, 0.15) is 112 Å². The Labute approximate surface area is 261 Å². The van der Waals surface area contributed by atoms with Crippen LogP contribution in [0.3, 0.4) is 0 Å². The second-order valence-electron chi connectivity index (χ2n) is 14.9. The monoisotopic (exact) mass is 592 g/mol. The van der Waals surface area contributed by atoms with Crippen LogP contribution in [0.4, 0.5) is 0 Å². The fourth-order valence-electron chi connectivity index (χ4n) is 11.3. The summed E-state index contributed by atoms with van der Waals surface area (Å²) in [5, 5.41) is 24.7. The van der Waals surface area contributed by atoms with E-state index in [1.807, 2.05) is 0 Å².